The highest BCUT2D eigenvalue weighted by Crippen LogP contribution is 2.25. The molecule has 0 fully saturated rings. The van der Waals surface area contributed by atoms with E-state index in [4.69, 9.17) is 9.26 Å². The van der Waals surface area contributed by atoms with E-state index in [2.05, 4.69) is 44.0 Å². The minimum atomic E-state index is -0.154. The van der Waals surface area contributed by atoms with Crippen LogP contribution in [0.15, 0.2) is 27.7 Å². The van der Waals surface area contributed by atoms with Gasteiger partial charge in [0.2, 0.25) is 5.89 Å². The van der Waals surface area contributed by atoms with Crippen LogP contribution in [-0.4, -0.2) is 35.8 Å². The van der Waals surface area contributed by atoms with Crippen LogP contribution in [0.5, 0.6) is 5.75 Å². The first kappa shape index (κ1) is 22.4. The van der Waals surface area contributed by atoms with Crippen LogP contribution in [0.2, 0.25) is 0 Å². The molecule has 2 N–H and O–H groups in total. The Morgan fingerprint density at radius 2 is 2.07 bits per heavy atom. The minimum absolute atomic E-state index is 0. The molecule has 0 aliphatic carbocycles. The van der Waals surface area contributed by atoms with Crippen molar-refractivity contribution in [3.8, 4) is 5.75 Å². The third kappa shape index (κ3) is 6.08. The van der Waals surface area contributed by atoms with E-state index in [9.17, 15) is 0 Å². The van der Waals surface area contributed by atoms with Gasteiger partial charge in [0.05, 0.1) is 6.61 Å². The van der Waals surface area contributed by atoms with Gasteiger partial charge >= 0.3 is 0 Å². The zero-order valence-corrected chi connectivity index (χ0v) is 19.4. The van der Waals surface area contributed by atoms with Crippen molar-refractivity contribution in [1.29, 1.82) is 0 Å². The van der Waals surface area contributed by atoms with Gasteiger partial charge in [-0.3, -0.25) is 0 Å². The van der Waals surface area contributed by atoms with Crippen molar-refractivity contribution in [3.63, 3.8) is 0 Å². The number of fused-ring (bicyclic) bond motifs is 1. The number of hydrogen-bond donors (Lipinski definition) is 2. The summed E-state index contributed by atoms with van der Waals surface area (Å²) in [7, 11) is 0. The van der Waals surface area contributed by atoms with Crippen molar-refractivity contribution < 1.29 is 9.26 Å². The molecule has 0 saturated heterocycles. The van der Waals surface area contributed by atoms with Crippen LogP contribution in [-0.2, 0) is 24.8 Å². The van der Waals surface area contributed by atoms with Crippen LogP contribution < -0.4 is 15.4 Å². The highest BCUT2D eigenvalue weighted by Gasteiger charge is 2.21. The van der Waals surface area contributed by atoms with Gasteiger partial charge in [-0.25, -0.2) is 4.99 Å². The SMILES string of the molecule is CCNC(=NCc1noc(C(C)(C)C)n1)NCCc1ccc2c(c1)CCO2.I. The number of halogens is 1. The maximum atomic E-state index is 5.56. The predicted molar refractivity (Wildman–Crippen MR) is 121 cm³/mol. The first-order valence-corrected chi connectivity index (χ1v) is 9.55. The third-order valence-electron chi connectivity index (χ3n) is 4.29. The molecule has 2 aromatic rings. The Morgan fingerprint density at radius 3 is 2.79 bits per heavy atom. The van der Waals surface area contributed by atoms with Crippen LogP contribution in [0.1, 0.15) is 50.5 Å². The predicted octanol–water partition coefficient (Wildman–Crippen LogP) is 3.22. The van der Waals surface area contributed by atoms with Crippen molar-refractivity contribution >= 4 is 29.9 Å². The molecule has 154 valence electrons. The second kappa shape index (κ2) is 10.1. The van der Waals surface area contributed by atoms with Crippen molar-refractivity contribution in [2.45, 2.75) is 52.5 Å². The zero-order chi connectivity index (χ0) is 19.3. The van der Waals surface area contributed by atoms with E-state index in [0.717, 1.165) is 44.2 Å². The van der Waals surface area contributed by atoms with Gasteiger partial charge in [0.1, 0.15) is 12.3 Å². The van der Waals surface area contributed by atoms with Crippen LogP contribution >= 0.6 is 24.0 Å². The Hall–Kier alpha value is -1.84. The summed E-state index contributed by atoms with van der Waals surface area (Å²) in [6.45, 7) is 10.9. The number of aliphatic imine (C=N–C) groups is 1. The molecular weight excluding hydrogens is 469 g/mol. The molecule has 1 aliphatic rings. The lowest BCUT2D eigenvalue weighted by Crippen LogP contribution is -2.38. The van der Waals surface area contributed by atoms with Gasteiger partial charge in [0.25, 0.3) is 0 Å². The fourth-order valence-electron chi connectivity index (χ4n) is 2.83. The second-order valence-corrected chi connectivity index (χ2v) is 7.68. The Bertz CT molecular complexity index is 798. The second-order valence-electron chi connectivity index (χ2n) is 7.68. The molecule has 1 aromatic heterocycles. The van der Waals surface area contributed by atoms with Crippen molar-refractivity contribution in [1.82, 2.24) is 20.8 Å². The molecule has 3 rings (SSSR count). The Labute approximate surface area is 183 Å². The van der Waals surface area contributed by atoms with Crippen LogP contribution in [0, 0.1) is 0 Å². The van der Waals surface area contributed by atoms with Crippen LogP contribution in [0.3, 0.4) is 0 Å². The van der Waals surface area contributed by atoms with Gasteiger partial charge in [-0.2, -0.15) is 4.98 Å². The van der Waals surface area contributed by atoms with Gasteiger partial charge in [0, 0.05) is 24.9 Å². The Morgan fingerprint density at radius 1 is 1.25 bits per heavy atom. The van der Waals surface area contributed by atoms with E-state index in [1.807, 2.05) is 27.7 Å². The van der Waals surface area contributed by atoms with Crippen LogP contribution in [0.4, 0.5) is 0 Å². The molecule has 8 heteroatoms. The molecule has 28 heavy (non-hydrogen) atoms. The third-order valence-corrected chi connectivity index (χ3v) is 4.29. The molecule has 7 nitrogen and oxygen atoms in total. The average molecular weight is 499 g/mol. The quantitative estimate of drug-likeness (QED) is 0.361. The summed E-state index contributed by atoms with van der Waals surface area (Å²) in [5.74, 6) is 3.00. The monoisotopic (exact) mass is 499 g/mol. The zero-order valence-electron chi connectivity index (χ0n) is 17.0. The normalized spacial score (nSPS) is 13.5. The number of rotatable bonds is 6. The van der Waals surface area contributed by atoms with Gasteiger partial charge in [-0.1, -0.05) is 38.1 Å². The van der Waals surface area contributed by atoms with E-state index in [1.54, 1.807) is 0 Å². The molecular formula is C20H30IN5O2. The molecule has 0 saturated carbocycles. The number of aromatic nitrogens is 2. The molecule has 0 radical (unpaired) electrons. The fraction of sp³-hybridized carbons (Fsp3) is 0.550. The number of nitrogens with one attached hydrogen (secondary N) is 2. The van der Waals surface area contributed by atoms with Crippen molar-refractivity contribution in [2.75, 3.05) is 19.7 Å². The lowest BCUT2D eigenvalue weighted by Gasteiger charge is -2.11. The molecule has 1 aliphatic heterocycles. The largest absolute Gasteiger partial charge is 0.493 e. The number of ether oxygens (including phenoxy) is 1. The highest BCUT2D eigenvalue weighted by atomic mass is 127. The van der Waals surface area contributed by atoms with E-state index in [-0.39, 0.29) is 29.4 Å². The lowest BCUT2D eigenvalue weighted by atomic mass is 9.97. The first-order chi connectivity index (χ1) is 13.0. The van der Waals surface area contributed by atoms with Crippen molar-refractivity contribution in [3.05, 3.63) is 41.0 Å². The smallest absolute Gasteiger partial charge is 0.232 e. The topological polar surface area (TPSA) is 84.6 Å². The summed E-state index contributed by atoms with van der Waals surface area (Å²) >= 11 is 0. The number of nitrogens with zero attached hydrogens (tertiary/aromatic N) is 3. The number of benzene rings is 1. The summed E-state index contributed by atoms with van der Waals surface area (Å²) in [5, 5.41) is 10.6. The first-order valence-electron chi connectivity index (χ1n) is 9.55. The van der Waals surface area contributed by atoms with Gasteiger partial charge < -0.3 is 19.9 Å². The number of guanidine groups is 1. The Balaban J connectivity index is 0.00000280. The molecule has 0 atom stereocenters. The number of hydrogen-bond acceptors (Lipinski definition) is 5. The maximum absolute atomic E-state index is 5.56. The summed E-state index contributed by atoms with van der Waals surface area (Å²) in [6, 6.07) is 6.44. The van der Waals surface area contributed by atoms with E-state index >= 15 is 0 Å². The Kier molecular flexibility index (Phi) is 8.09. The van der Waals surface area contributed by atoms with Crippen molar-refractivity contribution in [2.24, 2.45) is 4.99 Å². The van der Waals surface area contributed by atoms with Crippen LogP contribution in [0.25, 0.3) is 0 Å². The summed E-state index contributed by atoms with van der Waals surface area (Å²) in [5.41, 5.74) is 2.45. The van der Waals surface area contributed by atoms with Gasteiger partial charge in [0.15, 0.2) is 11.8 Å². The maximum Gasteiger partial charge on any atom is 0.232 e. The van der Waals surface area contributed by atoms with E-state index < -0.39 is 0 Å². The summed E-state index contributed by atoms with van der Waals surface area (Å²) < 4.78 is 10.9. The molecule has 0 amide bonds. The minimum Gasteiger partial charge on any atom is -0.493 e. The summed E-state index contributed by atoms with van der Waals surface area (Å²) in [4.78, 5) is 8.98. The molecule has 0 bridgehead atoms. The van der Waals surface area contributed by atoms with E-state index in [1.165, 1.54) is 11.1 Å². The molecule has 0 spiro atoms. The molecule has 2 heterocycles. The average Bonchev–Trinajstić information content (AvgIpc) is 3.28. The fourth-order valence-corrected chi connectivity index (χ4v) is 2.83. The lowest BCUT2D eigenvalue weighted by molar-refractivity contribution is 0.318. The highest BCUT2D eigenvalue weighted by molar-refractivity contribution is 14.0. The molecule has 1 aromatic carbocycles. The standard InChI is InChI=1S/C20H29N5O2.HI/c1-5-21-19(23-13-17-24-18(27-25-17)20(2,3)4)22-10-8-14-6-7-16-15(12-14)9-11-26-16;/h6-7,12H,5,8-11,13H2,1-4H3,(H2,21,22,23);1H. The summed E-state index contributed by atoms with van der Waals surface area (Å²) in [6.07, 6.45) is 1.93. The van der Waals surface area contributed by atoms with Gasteiger partial charge in [-0.05, 0) is 30.5 Å². The molecule has 0 unspecified atom stereocenters. The van der Waals surface area contributed by atoms with E-state index in [0.29, 0.717) is 18.3 Å². The van der Waals surface area contributed by atoms with Gasteiger partial charge in [-0.15, -0.1) is 24.0 Å².